The molecule has 0 aromatic heterocycles. The number of piperidine rings is 1. The first-order valence-electron chi connectivity index (χ1n) is 8.87. The summed E-state index contributed by atoms with van der Waals surface area (Å²) in [6.45, 7) is 15.7. The lowest BCUT2D eigenvalue weighted by molar-refractivity contribution is 0.0330. The van der Waals surface area contributed by atoms with Gasteiger partial charge in [0, 0.05) is 31.2 Å². The number of rotatable bonds is 5. The van der Waals surface area contributed by atoms with Crippen LogP contribution in [0.4, 0.5) is 0 Å². The number of nitrogens with zero attached hydrogens (tertiary/aromatic N) is 2. The molecular formula is C17H35N3. The molecule has 0 radical (unpaired) electrons. The molecular weight excluding hydrogens is 246 g/mol. The molecule has 20 heavy (non-hydrogen) atoms. The van der Waals surface area contributed by atoms with E-state index in [2.05, 4.69) is 42.8 Å². The van der Waals surface area contributed by atoms with E-state index in [1.807, 2.05) is 0 Å². The van der Waals surface area contributed by atoms with E-state index in [0.29, 0.717) is 6.04 Å². The van der Waals surface area contributed by atoms with Gasteiger partial charge in [-0.1, -0.05) is 27.7 Å². The molecule has 0 aromatic rings. The molecule has 0 bridgehead atoms. The van der Waals surface area contributed by atoms with Gasteiger partial charge in [-0.05, 0) is 51.2 Å². The van der Waals surface area contributed by atoms with Crippen molar-refractivity contribution in [3.63, 3.8) is 0 Å². The van der Waals surface area contributed by atoms with Crippen LogP contribution in [0.3, 0.4) is 0 Å². The number of hydrogen-bond donors (Lipinski definition) is 1. The summed E-state index contributed by atoms with van der Waals surface area (Å²) in [5.74, 6) is 0.746. The van der Waals surface area contributed by atoms with Crippen molar-refractivity contribution in [2.24, 2.45) is 5.92 Å². The van der Waals surface area contributed by atoms with Crippen LogP contribution >= 0.6 is 0 Å². The molecule has 2 saturated heterocycles. The zero-order chi connectivity index (χ0) is 14.5. The van der Waals surface area contributed by atoms with Crippen LogP contribution in [0.15, 0.2) is 0 Å². The minimum absolute atomic E-state index is 0.687. The van der Waals surface area contributed by atoms with E-state index in [4.69, 9.17) is 0 Å². The summed E-state index contributed by atoms with van der Waals surface area (Å²) < 4.78 is 0. The summed E-state index contributed by atoms with van der Waals surface area (Å²) in [5, 5.41) is 3.77. The quantitative estimate of drug-likeness (QED) is 0.835. The van der Waals surface area contributed by atoms with E-state index in [9.17, 15) is 0 Å². The van der Waals surface area contributed by atoms with Crippen LogP contribution in [0.5, 0.6) is 0 Å². The molecule has 0 amide bonds. The third kappa shape index (κ3) is 3.96. The van der Waals surface area contributed by atoms with Gasteiger partial charge in [-0.15, -0.1) is 0 Å². The van der Waals surface area contributed by atoms with Crippen molar-refractivity contribution in [2.45, 2.75) is 71.5 Å². The molecule has 2 aliphatic heterocycles. The number of piperazine rings is 1. The van der Waals surface area contributed by atoms with E-state index in [0.717, 1.165) is 18.0 Å². The molecule has 2 aliphatic rings. The minimum atomic E-state index is 0.687. The fraction of sp³-hybridized carbons (Fsp3) is 1.00. The molecule has 0 saturated carbocycles. The lowest BCUT2D eigenvalue weighted by Gasteiger charge is -2.48. The Labute approximate surface area is 126 Å². The molecule has 118 valence electrons. The maximum atomic E-state index is 3.77. The average Bonchev–Trinajstić information content (AvgIpc) is 2.47. The summed E-state index contributed by atoms with van der Waals surface area (Å²) in [6, 6.07) is 2.27. The Morgan fingerprint density at radius 2 is 1.85 bits per heavy atom. The van der Waals surface area contributed by atoms with Gasteiger partial charge in [0.05, 0.1) is 0 Å². The predicted molar refractivity (Wildman–Crippen MR) is 87.2 cm³/mol. The molecule has 2 atom stereocenters. The number of nitrogens with one attached hydrogen (secondary N) is 1. The van der Waals surface area contributed by atoms with Gasteiger partial charge in [0.1, 0.15) is 0 Å². The first-order valence-corrected chi connectivity index (χ1v) is 8.87. The van der Waals surface area contributed by atoms with Crippen molar-refractivity contribution in [2.75, 3.05) is 32.7 Å². The Morgan fingerprint density at radius 3 is 2.40 bits per heavy atom. The van der Waals surface area contributed by atoms with Crippen LogP contribution in [-0.4, -0.2) is 60.6 Å². The molecule has 2 rings (SSSR count). The predicted octanol–water partition coefficient (Wildman–Crippen LogP) is 2.57. The largest absolute Gasteiger partial charge is 0.311 e. The molecule has 0 aliphatic carbocycles. The van der Waals surface area contributed by atoms with E-state index >= 15 is 0 Å². The van der Waals surface area contributed by atoms with E-state index < -0.39 is 0 Å². The smallest absolute Gasteiger partial charge is 0.0221 e. The Balaban J connectivity index is 1.91. The highest BCUT2D eigenvalue weighted by Gasteiger charge is 2.34. The van der Waals surface area contributed by atoms with Crippen molar-refractivity contribution in [3.05, 3.63) is 0 Å². The molecule has 0 aromatic carbocycles. The Morgan fingerprint density at radius 1 is 1.15 bits per heavy atom. The van der Waals surface area contributed by atoms with Crippen LogP contribution in [-0.2, 0) is 0 Å². The standard InChI is InChI=1S/C17H35N3/c1-5-9-19-10-7-16(8-11-19)20-13-17(14(3)4)18-12-15(20)6-2/h14-18H,5-13H2,1-4H3. The van der Waals surface area contributed by atoms with Crippen molar-refractivity contribution in [1.29, 1.82) is 0 Å². The van der Waals surface area contributed by atoms with Gasteiger partial charge in [-0.3, -0.25) is 4.90 Å². The first kappa shape index (κ1) is 16.3. The van der Waals surface area contributed by atoms with Crippen LogP contribution < -0.4 is 5.32 Å². The normalized spacial score (nSPS) is 31.1. The molecule has 1 N–H and O–H groups in total. The number of hydrogen-bond acceptors (Lipinski definition) is 3. The summed E-state index contributed by atoms with van der Waals surface area (Å²) in [5.41, 5.74) is 0. The Hall–Kier alpha value is -0.120. The van der Waals surface area contributed by atoms with Crippen molar-refractivity contribution in [1.82, 2.24) is 15.1 Å². The molecule has 2 unspecified atom stereocenters. The third-order valence-corrected chi connectivity index (χ3v) is 5.33. The number of likely N-dealkylation sites (tertiary alicyclic amines) is 1. The van der Waals surface area contributed by atoms with E-state index in [-0.39, 0.29) is 0 Å². The van der Waals surface area contributed by atoms with Gasteiger partial charge in [-0.2, -0.15) is 0 Å². The molecule has 3 nitrogen and oxygen atoms in total. The summed E-state index contributed by atoms with van der Waals surface area (Å²) >= 11 is 0. The second kappa shape index (κ2) is 7.77. The zero-order valence-electron chi connectivity index (χ0n) is 14.1. The van der Waals surface area contributed by atoms with Crippen LogP contribution in [0.2, 0.25) is 0 Å². The Kier molecular flexibility index (Phi) is 6.31. The third-order valence-electron chi connectivity index (χ3n) is 5.33. The second-order valence-electron chi connectivity index (χ2n) is 7.09. The highest BCUT2D eigenvalue weighted by atomic mass is 15.3. The van der Waals surface area contributed by atoms with E-state index in [1.54, 1.807) is 0 Å². The highest BCUT2D eigenvalue weighted by Crippen LogP contribution is 2.24. The molecule has 3 heteroatoms. The van der Waals surface area contributed by atoms with Gasteiger partial charge in [-0.25, -0.2) is 0 Å². The highest BCUT2D eigenvalue weighted by molar-refractivity contribution is 4.92. The van der Waals surface area contributed by atoms with Crippen LogP contribution in [0, 0.1) is 5.92 Å². The van der Waals surface area contributed by atoms with Crippen LogP contribution in [0.1, 0.15) is 53.4 Å². The van der Waals surface area contributed by atoms with Crippen molar-refractivity contribution >= 4 is 0 Å². The zero-order valence-corrected chi connectivity index (χ0v) is 14.1. The average molecular weight is 281 g/mol. The molecule has 0 spiro atoms. The van der Waals surface area contributed by atoms with Crippen molar-refractivity contribution < 1.29 is 0 Å². The first-order chi connectivity index (χ1) is 9.65. The summed E-state index contributed by atoms with van der Waals surface area (Å²) in [6.07, 6.45) is 5.33. The maximum absolute atomic E-state index is 3.77. The monoisotopic (exact) mass is 281 g/mol. The summed E-state index contributed by atoms with van der Waals surface area (Å²) in [4.78, 5) is 5.50. The molecule has 2 fully saturated rings. The SMILES string of the molecule is CCCN1CCC(N2CC(C(C)C)NCC2CC)CC1. The van der Waals surface area contributed by atoms with E-state index in [1.165, 1.54) is 58.4 Å². The molecule has 2 heterocycles. The van der Waals surface area contributed by atoms with Gasteiger partial charge in [0.25, 0.3) is 0 Å². The van der Waals surface area contributed by atoms with Crippen molar-refractivity contribution in [3.8, 4) is 0 Å². The fourth-order valence-electron chi connectivity index (χ4n) is 3.91. The second-order valence-corrected chi connectivity index (χ2v) is 7.09. The Bertz CT molecular complexity index is 271. The van der Waals surface area contributed by atoms with Gasteiger partial charge >= 0.3 is 0 Å². The van der Waals surface area contributed by atoms with Gasteiger partial charge in [0.15, 0.2) is 0 Å². The van der Waals surface area contributed by atoms with Gasteiger partial charge in [0.2, 0.25) is 0 Å². The topological polar surface area (TPSA) is 18.5 Å². The van der Waals surface area contributed by atoms with Crippen LogP contribution in [0.25, 0.3) is 0 Å². The lowest BCUT2D eigenvalue weighted by Crippen LogP contribution is -2.61. The van der Waals surface area contributed by atoms with Gasteiger partial charge < -0.3 is 10.2 Å². The fourth-order valence-corrected chi connectivity index (χ4v) is 3.91. The minimum Gasteiger partial charge on any atom is -0.311 e. The maximum Gasteiger partial charge on any atom is 0.0221 e. The summed E-state index contributed by atoms with van der Waals surface area (Å²) in [7, 11) is 0. The lowest BCUT2D eigenvalue weighted by atomic mass is 9.93.